The summed E-state index contributed by atoms with van der Waals surface area (Å²) in [4.78, 5) is 11.7. The molecule has 0 radical (unpaired) electrons. The van der Waals surface area contributed by atoms with Crippen molar-refractivity contribution in [3.05, 3.63) is 34.6 Å². The van der Waals surface area contributed by atoms with Gasteiger partial charge >= 0.3 is 0 Å². The summed E-state index contributed by atoms with van der Waals surface area (Å²) in [7, 11) is 0. The number of rotatable bonds is 4. The molecule has 0 aliphatic rings. The Kier molecular flexibility index (Phi) is 5.47. The Morgan fingerprint density at radius 3 is 2.67 bits per heavy atom. The SMILES string of the molecule is CC(C)(C)SCCNC(=O)c1ccc(Cl)cc1F. The van der Waals surface area contributed by atoms with Gasteiger partial charge in [0.15, 0.2) is 0 Å². The molecule has 18 heavy (non-hydrogen) atoms. The van der Waals surface area contributed by atoms with Crippen LogP contribution in [0, 0.1) is 5.82 Å². The van der Waals surface area contributed by atoms with E-state index in [0.29, 0.717) is 6.54 Å². The largest absolute Gasteiger partial charge is 0.351 e. The number of carbonyl (C=O) groups is 1. The van der Waals surface area contributed by atoms with Gasteiger partial charge in [0.2, 0.25) is 0 Å². The van der Waals surface area contributed by atoms with E-state index in [4.69, 9.17) is 11.6 Å². The number of amides is 1. The van der Waals surface area contributed by atoms with Crippen LogP contribution < -0.4 is 5.32 Å². The molecule has 2 nitrogen and oxygen atoms in total. The molecule has 0 unspecified atom stereocenters. The third-order valence-corrected chi connectivity index (χ3v) is 3.61. The summed E-state index contributed by atoms with van der Waals surface area (Å²) < 4.78 is 13.6. The zero-order chi connectivity index (χ0) is 13.8. The fourth-order valence-corrected chi connectivity index (χ4v) is 2.27. The number of nitrogens with one attached hydrogen (secondary N) is 1. The lowest BCUT2D eigenvalue weighted by Crippen LogP contribution is -2.27. The van der Waals surface area contributed by atoms with Crippen LogP contribution in [0.15, 0.2) is 18.2 Å². The third-order valence-electron chi connectivity index (χ3n) is 2.10. The van der Waals surface area contributed by atoms with Crippen LogP contribution in [0.1, 0.15) is 31.1 Å². The van der Waals surface area contributed by atoms with E-state index in [1.54, 1.807) is 11.8 Å². The second-order valence-corrected chi connectivity index (χ2v) is 7.20. The molecule has 0 saturated carbocycles. The molecule has 0 fully saturated rings. The average molecular weight is 290 g/mol. The minimum absolute atomic E-state index is 0.0279. The third kappa shape index (κ3) is 5.27. The zero-order valence-electron chi connectivity index (χ0n) is 10.7. The molecule has 0 spiro atoms. The van der Waals surface area contributed by atoms with Crippen molar-refractivity contribution in [3.63, 3.8) is 0 Å². The summed E-state index contributed by atoms with van der Waals surface area (Å²) in [6, 6.07) is 4.04. The quantitative estimate of drug-likeness (QED) is 0.856. The predicted molar refractivity (Wildman–Crippen MR) is 76.0 cm³/mol. The van der Waals surface area contributed by atoms with E-state index in [2.05, 4.69) is 26.1 Å². The lowest BCUT2D eigenvalue weighted by Gasteiger charge is -2.17. The van der Waals surface area contributed by atoms with Gasteiger partial charge < -0.3 is 5.32 Å². The molecule has 0 saturated heterocycles. The van der Waals surface area contributed by atoms with Gasteiger partial charge in [-0.25, -0.2) is 4.39 Å². The fourth-order valence-electron chi connectivity index (χ4n) is 1.29. The Balaban J connectivity index is 2.46. The van der Waals surface area contributed by atoms with Crippen molar-refractivity contribution in [2.75, 3.05) is 12.3 Å². The summed E-state index contributed by atoms with van der Waals surface area (Å²) in [6.45, 7) is 6.85. The van der Waals surface area contributed by atoms with Gasteiger partial charge in [0, 0.05) is 22.1 Å². The first kappa shape index (κ1) is 15.3. The highest BCUT2D eigenvalue weighted by atomic mass is 35.5. The topological polar surface area (TPSA) is 29.1 Å². The second-order valence-electron chi connectivity index (χ2n) is 4.84. The first-order chi connectivity index (χ1) is 8.29. The van der Waals surface area contributed by atoms with Crippen LogP contribution in [0.4, 0.5) is 4.39 Å². The first-order valence-corrected chi connectivity index (χ1v) is 7.03. The number of halogens is 2. The van der Waals surface area contributed by atoms with E-state index in [0.717, 1.165) is 11.8 Å². The Hall–Kier alpha value is -0.740. The van der Waals surface area contributed by atoms with Gasteiger partial charge in [0.1, 0.15) is 5.82 Å². The molecule has 1 rings (SSSR count). The molecular formula is C13H17ClFNOS. The number of thioether (sulfide) groups is 1. The molecule has 0 bridgehead atoms. The van der Waals surface area contributed by atoms with Crippen molar-refractivity contribution in [1.29, 1.82) is 0 Å². The Morgan fingerprint density at radius 1 is 1.44 bits per heavy atom. The lowest BCUT2D eigenvalue weighted by molar-refractivity contribution is 0.0952. The Labute approximate surface area is 116 Å². The van der Waals surface area contributed by atoms with E-state index < -0.39 is 11.7 Å². The van der Waals surface area contributed by atoms with Crippen molar-refractivity contribution < 1.29 is 9.18 Å². The maximum absolute atomic E-state index is 13.4. The number of benzene rings is 1. The average Bonchev–Trinajstić information content (AvgIpc) is 2.22. The first-order valence-electron chi connectivity index (χ1n) is 5.67. The molecule has 1 N–H and O–H groups in total. The molecule has 5 heteroatoms. The van der Waals surface area contributed by atoms with Crippen LogP contribution in [-0.4, -0.2) is 23.0 Å². The summed E-state index contributed by atoms with van der Waals surface area (Å²) in [5, 5.41) is 2.97. The summed E-state index contributed by atoms with van der Waals surface area (Å²) in [6.07, 6.45) is 0. The molecule has 0 aliphatic heterocycles. The predicted octanol–water partition coefficient (Wildman–Crippen LogP) is 3.74. The van der Waals surface area contributed by atoms with E-state index in [-0.39, 0.29) is 15.3 Å². The fraction of sp³-hybridized carbons (Fsp3) is 0.462. The number of carbonyl (C=O) groups excluding carboxylic acids is 1. The molecule has 0 aliphatic carbocycles. The Bertz CT molecular complexity index is 431. The molecular weight excluding hydrogens is 273 g/mol. The Morgan fingerprint density at radius 2 is 2.11 bits per heavy atom. The standard InChI is InChI=1S/C13H17ClFNOS/c1-13(2,3)18-7-6-16-12(17)10-5-4-9(14)8-11(10)15/h4-5,8H,6-7H2,1-3H3,(H,16,17). The molecule has 1 aromatic carbocycles. The van der Waals surface area contributed by atoms with Crippen LogP contribution in [0.2, 0.25) is 5.02 Å². The normalized spacial score (nSPS) is 11.4. The molecule has 0 atom stereocenters. The van der Waals surface area contributed by atoms with Crippen molar-refractivity contribution in [1.82, 2.24) is 5.32 Å². The highest BCUT2D eigenvalue weighted by Crippen LogP contribution is 2.22. The minimum atomic E-state index is -0.594. The van der Waals surface area contributed by atoms with Gasteiger partial charge in [-0.3, -0.25) is 4.79 Å². The van der Waals surface area contributed by atoms with Crippen molar-refractivity contribution in [2.24, 2.45) is 0 Å². The highest BCUT2D eigenvalue weighted by molar-refractivity contribution is 8.00. The van der Waals surface area contributed by atoms with Crippen LogP contribution in [0.3, 0.4) is 0 Å². The molecule has 0 aromatic heterocycles. The van der Waals surface area contributed by atoms with Crippen molar-refractivity contribution in [2.45, 2.75) is 25.5 Å². The minimum Gasteiger partial charge on any atom is -0.351 e. The van der Waals surface area contributed by atoms with Gasteiger partial charge in [-0.05, 0) is 18.2 Å². The van der Waals surface area contributed by atoms with E-state index in [1.165, 1.54) is 12.1 Å². The number of hydrogen-bond donors (Lipinski definition) is 1. The van der Waals surface area contributed by atoms with Crippen LogP contribution in [-0.2, 0) is 0 Å². The van der Waals surface area contributed by atoms with Crippen molar-refractivity contribution >= 4 is 29.3 Å². The monoisotopic (exact) mass is 289 g/mol. The maximum Gasteiger partial charge on any atom is 0.254 e. The lowest BCUT2D eigenvalue weighted by atomic mass is 10.2. The van der Waals surface area contributed by atoms with Crippen molar-refractivity contribution in [3.8, 4) is 0 Å². The van der Waals surface area contributed by atoms with Crippen LogP contribution >= 0.6 is 23.4 Å². The zero-order valence-corrected chi connectivity index (χ0v) is 12.3. The van der Waals surface area contributed by atoms with Gasteiger partial charge in [-0.1, -0.05) is 32.4 Å². The molecule has 100 valence electrons. The summed E-state index contributed by atoms with van der Waals surface area (Å²) in [5.41, 5.74) is 0.0279. The van der Waals surface area contributed by atoms with E-state index in [9.17, 15) is 9.18 Å². The van der Waals surface area contributed by atoms with Gasteiger partial charge in [0.05, 0.1) is 5.56 Å². The maximum atomic E-state index is 13.4. The highest BCUT2D eigenvalue weighted by Gasteiger charge is 2.13. The summed E-state index contributed by atoms with van der Waals surface area (Å²) >= 11 is 7.37. The molecule has 1 aromatic rings. The molecule has 0 heterocycles. The van der Waals surface area contributed by atoms with Crippen LogP contribution in [0.25, 0.3) is 0 Å². The van der Waals surface area contributed by atoms with Gasteiger partial charge in [-0.2, -0.15) is 11.8 Å². The molecule has 1 amide bonds. The van der Waals surface area contributed by atoms with E-state index in [1.807, 2.05) is 0 Å². The smallest absolute Gasteiger partial charge is 0.254 e. The van der Waals surface area contributed by atoms with Gasteiger partial charge in [0.25, 0.3) is 5.91 Å². The van der Waals surface area contributed by atoms with Crippen LogP contribution in [0.5, 0.6) is 0 Å². The van der Waals surface area contributed by atoms with E-state index >= 15 is 0 Å². The number of hydrogen-bond acceptors (Lipinski definition) is 2. The van der Waals surface area contributed by atoms with Gasteiger partial charge in [-0.15, -0.1) is 0 Å². The summed E-state index contributed by atoms with van der Waals surface area (Å²) in [5.74, 6) is -0.202. The second kappa shape index (κ2) is 6.43.